The molecular formula is C8H10BrClN2O3S. The van der Waals surface area contributed by atoms with E-state index in [1.807, 2.05) is 0 Å². The molecule has 1 rings (SSSR count). The molecule has 0 fully saturated rings. The van der Waals surface area contributed by atoms with Gasteiger partial charge in [0.2, 0.25) is 10.0 Å². The molecule has 0 spiro atoms. The number of nitrogens with one attached hydrogen (secondary N) is 1. The number of aliphatic hydroxyl groups is 1. The quantitative estimate of drug-likeness (QED) is 0.812. The lowest BCUT2D eigenvalue weighted by Crippen LogP contribution is -2.35. The Balaban J connectivity index is 3.12. The average Bonchev–Trinajstić information content (AvgIpc) is 2.20. The largest absolute Gasteiger partial charge is 0.395 e. The van der Waals surface area contributed by atoms with Gasteiger partial charge >= 0.3 is 0 Å². The number of hydrogen-bond acceptors (Lipinski definition) is 4. The minimum Gasteiger partial charge on any atom is -0.395 e. The summed E-state index contributed by atoms with van der Waals surface area (Å²) in [6, 6.07) is 0.766. The minimum absolute atomic E-state index is 0.110. The maximum Gasteiger partial charge on any atom is 0.243 e. The molecule has 1 aromatic rings. The highest BCUT2D eigenvalue weighted by Gasteiger charge is 2.21. The summed E-state index contributed by atoms with van der Waals surface area (Å²) in [5.74, 6) is 0. The third-order valence-corrected chi connectivity index (χ3v) is 4.14. The minimum atomic E-state index is -3.76. The second-order valence-electron chi connectivity index (χ2n) is 3.15. The Labute approximate surface area is 107 Å². The van der Waals surface area contributed by atoms with E-state index in [1.165, 1.54) is 19.2 Å². The van der Waals surface area contributed by atoms with Gasteiger partial charge in [-0.15, -0.1) is 0 Å². The fourth-order valence-electron chi connectivity index (χ4n) is 0.958. The van der Waals surface area contributed by atoms with Crippen molar-refractivity contribution in [3.8, 4) is 0 Å². The lowest BCUT2D eigenvalue weighted by molar-refractivity contribution is 0.265. The zero-order valence-electron chi connectivity index (χ0n) is 8.31. The van der Waals surface area contributed by atoms with Crippen LogP contribution in [0, 0.1) is 0 Å². The van der Waals surface area contributed by atoms with Crippen molar-refractivity contribution in [2.24, 2.45) is 0 Å². The summed E-state index contributed by atoms with van der Waals surface area (Å²) in [6.45, 7) is 1.25. The number of hydrogen-bond donors (Lipinski definition) is 2. The molecule has 0 saturated heterocycles. The Bertz CT molecular complexity index is 480. The fourth-order valence-corrected chi connectivity index (χ4v) is 3.14. The zero-order chi connectivity index (χ0) is 12.3. The van der Waals surface area contributed by atoms with Gasteiger partial charge in [0, 0.05) is 16.7 Å². The predicted molar refractivity (Wildman–Crippen MR) is 63.8 cm³/mol. The van der Waals surface area contributed by atoms with Crippen molar-refractivity contribution in [3.05, 3.63) is 21.9 Å². The molecule has 8 heteroatoms. The van der Waals surface area contributed by atoms with E-state index in [1.54, 1.807) is 0 Å². The Morgan fingerprint density at radius 3 is 2.88 bits per heavy atom. The molecule has 1 aromatic heterocycles. The van der Waals surface area contributed by atoms with Crippen molar-refractivity contribution < 1.29 is 13.5 Å². The monoisotopic (exact) mass is 328 g/mol. The summed E-state index contributed by atoms with van der Waals surface area (Å²) in [5, 5.41) is 8.67. The van der Waals surface area contributed by atoms with Crippen LogP contribution in [0.1, 0.15) is 6.92 Å². The molecule has 0 saturated carbocycles. The van der Waals surface area contributed by atoms with Crippen molar-refractivity contribution in [1.82, 2.24) is 9.71 Å². The first kappa shape index (κ1) is 13.9. The summed E-state index contributed by atoms with van der Waals surface area (Å²) < 4.78 is 26.4. The van der Waals surface area contributed by atoms with Gasteiger partial charge in [-0.05, 0) is 28.9 Å². The van der Waals surface area contributed by atoms with E-state index in [-0.39, 0.29) is 16.7 Å². The maximum absolute atomic E-state index is 11.8. The fraction of sp³-hybridized carbons (Fsp3) is 0.375. The van der Waals surface area contributed by atoms with Gasteiger partial charge in [0.15, 0.2) is 0 Å². The maximum atomic E-state index is 11.8. The number of pyridine rings is 1. The van der Waals surface area contributed by atoms with Crippen LogP contribution >= 0.6 is 27.5 Å². The van der Waals surface area contributed by atoms with Crippen LogP contribution in [-0.4, -0.2) is 31.2 Å². The Morgan fingerprint density at radius 1 is 1.69 bits per heavy atom. The molecule has 2 N–H and O–H groups in total. The molecule has 16 heavy (non-hydrogen) atoms. The van der Waals surface area contributed by atoms with Crippen molar-refractivity contribution in [2.45, 2.75) is 17.9 Å². The van der Waals surface area contributed by atoms with Gasteiger partial charge in [0.1, 0.15) is 10.0 Å². The van der Waals surface area contributed by atoms with Crippen LogP contribution in [0.5, 0.6) is 0 Å². The molecule has 5 nitrogen and oxygen atoms in total. The summed E-state index contributed by atoms with van der Waals surface area (Å²) in [6.07, 6.45) is 1.40. The third kappa shape index (κ3) is 3.39. The molecule has 1 heterocycles. The molecule has 0 aromatic carbocycles. The van der Waals surface area contributed by atoms with Crippen LogP contribution in [-0.2, 0) is 10.0 Å². The van der Waals surface area contributed by atoms with Crippen LogP contribution in [0.4, 0.5) is 0 Å². The molecule has 1 atom stereocenters. The standard InChI is InChI=1S/C8H10BrClN2O3S/c1-5(4-13)12-16(14,15)7-2-6(9)3-11-8(7)10/h2-3,5,12-13H,4H2,1H3/t5-/m1/s1. The van der Waals surface area contributed by atoms with Gasteiger partial charge in [-0.25, -0.2) is 18.1 Å². The number of nitrogens with zero attached hydrogens (tertiary/aromatic N) is 1. The van der Waals surface area contributed by atoms with E-state index in [0.717, 1.165) is 0 Å². The van der Waals surface area contributed by atoms with E-state index in [0.29, 0.717) is 4.47 Å². The van der Waals surface area contributed by atoms with Crippen LogP contribution in [0.3, 0.4) is 0 Å². The first-order valence-corrected chi connectivity index (χ1v) is 6.96. The van der Waals surface area contributed by atoms with Crippen LogP contribution in [0.2, 0.25) is 5.15 Å². The van der Waals surface area contributed by atoms with Gasteiger partial charge < -0.3 is 5.11 Å². The van der Waals surface area contributed by atoms with Crippen molar-refractivity contribution in [2.75, 3.05) is 6.61 Å². The van der Waals surface area contributed by atoms with Crippen molar-refractivity contribution in [3.63, 3.8) is 0 Å². The smallest absolute Gasteiger partial charge is 0.243 e. The van der Waals surface area contributed by atoms with Crippen LogP contribution in [0.25, 0.3) is 0 Å². The predicted octanol–water partition coefficient (Wildman–Crippen LogP) is 1.16. The lowest BCUT2D eigenvalue weighted by Gasteiger charge is -2.12. The van der Waals surface area contributed by atoms with E-state index in [4.69, 9.17) is 16.7 Å². The van der Waals surface area contributed by atoms with Gasteiger partial charge in [0.25, 0.3) is 0 Å². The molecule has 0 bridgehead atoms. The lowest BCUT2D eigenvalue weighted by atomic mass is 10.4. The number of aliphatic hydroxyl groups excluding tert-OH is 1. The van der Waals surface area contributed by atoms with Crippen molar-refractivity contribution >= 4 is 37.6 Å². The molecule has 0 radical (unpaired) electrons. The Hall–Kier alpha value is -0.210. The third-order valence-electron chi connectivity index (χ3n) is 1.69. The van der Waals surface area contributed by atoms with Gasteiger partial charge in [-0.3, -0.25) is 0 Å². The zero-order valence-corrected chi connectivity index (χ0v) is 11.5. The molecule has 0 aliphatic carbocycles. The molecular weight excluding hydrogens is 320 g/mol. The summed E-state index contributed by atoms with van der Waals surface area (Å²) in [5.41, 5.74) is 0. The summed E-state index contributed by atoms with van der Waals surface area (Å²) in [7, 11) is -3.76. The van der Waals surface area contributed by atoms with E-state index < -0.39 is 16.1 Å². The number of sulfonamides is 1. The highest BCUT2D eigenvalue weighted by molar-refractivity contribution is 9.10. The second-order valence-corrected chi connectivity index (χ2v) is 6.10. The molecule has 0 aliphatic rings. The average molecular weight is 330 g/mol. The highest BCUT2D eigenvalue weighted by atomic mass is 79.9. The molecule has 0 amide bonds. The normalized spacial score (nSPS) is 13.8. The molecule has 90 valence electrons. The van der Waals surface area contributed by atoms with E-state index in [9.17, 15) is 8.42 Å². The summed E-state index contributed by atoms with van der Waals surface area (Å²) >= 11 is 8.80. The highest BCUT2D eigenvalue weighted by Crippen LogP contribution is 2.22. The topological polar surface area (TPSA) is 79.3 Å². The summed E-state index contributed by atoms with van der Waals surface area (Å²) in [4.78, 5) is 3.59. The van der Waals surface area contributed by atoms with Gasteiger partial charge in [-0.2, -0.15) is 0 Å². The van der Waals surface area contributed by atoms with Gasteiger partial charge in [0.05, 0.1) is 6.61 Å². The SMILES string of the molecule is C[C@H](CO)NS(=O)(=O)c1cc(Br)cnc1Cl. The number of rotatable bonds is 4. The van der Waals surface area contributed by atoms with Crippen LogP contribution in [0.15, 0.2) is 21.6 Å². The Kier molecular flexibility index (Phi) is 4.69. The van der Waals surface area contributed by atoms with Gasteiger partial charge in [-0.1, -0.05) is 11.6 Å². The number of halogens is 2. The van der Waals surface area contributed by atoms with E-state index in [2.05, 4.69) is 25.6 Å². The first-order valence-electron chi connectivity index (χ1n) is 4.31. The Morgan fingerprint density at radius 2 is 2.31 bits per heavy atom. The van der Waals surface area contributed by atoms with E-state index >= 15 is 0 Å². The molecule has 0 aliphatic heterocycles. The first-order chi connectivity index (χ1) is 7.36. The van der Waals surface area contributed by atoms with Crippen molar-refractivity contribution in [1.29, 1.82) is 0 Å². The number of aromatic nitrogens is 1. The van der Waals surface area contributed by atoms with Crippen LogP contribution < -0.4 is 4.72 Å². The molecule has 0 unspecified atom stereocenters. The second kappa shape index (κ2) is 5.42.